The van der Waals surface area contributed by atoms with Gasteiger partial charge in [-0.05, 0) is 48.2 Å². The van der Waals surface area contributed by atoms with Crippen molar-refractivity contribution >= 4 is 16.7 Å². The monoisotopic (exact) mass is 280 g/mol. The zero-order valence-electron chi connectivity index (χ0n) is 12.2. The van der Waals surface area contributed by atoms with E-state index in [0.717, 1.165) is 13.1 Å². The van der Waals surface area contributed by atoms with Crippen molar-refractivity contribution in [3.05, 3.63) is 48.0 Å². The molecule has 3 nitrogen and oxygen atoms in total. The number of rotatable bonds is 3. The van der Waals surface area contributed by atoms with Crippen LogP contribution in [0, 0.1) is 17.8 Å². The van der Waals surface area contributed by atoms with Crippen LogP contribution in [-0.2, 0) is 4.79 Å². The maximum atomic E-state index is 12.4. The minimum atomic E-state index is 0.0536. The van der Waals surface area contributed by atoms with Crippen LogP contribution in [0.25, 0.3) is 10.8 Å². The summed E-state index contributed by atoms with van der Waals surface area (Å²) in [6, 6.07) is 14.7. The predicted molar refractivity (Wildman–Crippen MR) is 83.8 cm³/mol. The molecule has 0 aromatic heterocycles. The van der Waals surface area contributed by atoms with E-state index in [1.807, 2.05) is 6.07 Å². The normalized spacial score (nSPS) is 28.1. The lowest BCUT2D eigenvalue weighted by molar-refractivity contribution is -0.123. The van der Waals surface area contributed by atoms with Crippen molar-refractivity contribution in [3.8, 4) is 0 Å². The second kappa shape index (κ2) is 4.85. The van der Waals surface area contributed by atoms with E-state index in [0.29, 0.717) is 11.8 Å². The zero-order chi connectivity index (χ0) is 14.4. The number of hydrogen-bond donors (Lipinski definition) is 2. The summed E-state index contributed by atoms with van der Waals surface area (Å²) in [6.45, 7) is 4.09. The Hall–Kier alpha value is -1.87. The van der Waals surface area contributed by atoms with Gasteiger partial charge in [0.25, 0.3) is 0 Å². The van der Waals surface area contributed by atoms with Gasteiger partial charge in [-0.25, -0.2) is 0 Å². The number of piperidine rings is 1. The molecule has 2 aromatic carbocycles. The van der Waals surface area contributed by atoms with Gasteiger partial charge in [0, 0.05) is 5.92 Å². The molecule has 4 atom stereocenters. The Labute approximate surface area is 124 Å². The van der Waals surface area contributed by atoms with Crippen molar-refractivity contribution in [1.82, 2.24) is 10.6 Å². The summed E-state index contributed by atoms with van der Waals surface area (Å²) in [6.07, 6.45) is 0. The second-order valence-electron chi connectivity index (χ2n) is 6.31. The number of carbonyl (C=O) groups is 1. The molecule has 1 aliphatic heterocycles. The molecule has 1 aliphatic carbocycles. The number of nitrogens with one attached hydrogen (secondary N) is 2. The van der Waals surface area contributed by atoms with E-state index in [1.54, 1.807) is 0 Å². The molecule has 1 amide bonds. The van der Waals surface area contributed by atoms with E-state index in [4.69, 9.17) is 0 Å². The van der Waals surface area contributed by atoms with Gasteiger partial charge in [-0.3, -0.25) is 4.79 Å². The van der Waals surface area contributed by atoms with Gasteiger partial charge in [0.2, 0.25) is 5.91 Å². The summed E-state index contributed by atoms with van der Waals surface area (Å²) in [5.41, 5.74) is 1.20. The largest absolute Gasteiger partial charge is 0.349 e. The molecule has 2 aromatic rings. The molecule has 0 bridgehead atoms. The topological polar surface area (TPSA) is 41.1 Å². The quantitative estimate of drug-likeness (QED) is 0.907. The highest BCUT2D eigenvalue weighted by Gasteiger charge is 2.56. The molecule has 2 fully saturated rings. The Bertz CT molecular complexity index is 681. The number of fused-ring (bicyclic) bond motifs is 2. The van der Waals surface area contributed by atoms with Crippen LogP contribution in [0.4, 0.5) is 0 Å². The number of benzene rings is 2. The average Bonchev–Trinajstić information content (AvgIpc) is 3.00. The van der Waals surface area contributed by atoms with Gasteiger partial charge in [-0.1, -0.05) is 42.5 Å². The van der Waals surface area contributed by atoms with Crippen LogP contribution in [-0.4, -0.2) is 19.0 Å². The Balaban J connectivity index is 1.54. The zero-order valence-corrected chi connectivity index (χ0v) is 12.2. The summed E-state index contributed by atoms with van der Waals surface area (Å²) >= 11 is 0. The fourth-order valence-electron chi connectivity index (χ4n) is 3.82. The van der Waals surface area contributed by atoms with Gasteiger partial charge in [0.1, 0.15) is 0 Å². The summed E-state index contributed by atoms with van der Waals surface area (Å²) in [7, 11) is 0. The van der Waals surface area contributed by atoms with Crippen molar-refractivity contribution in [1.29, 1.82) is 0 Å². The molecule has 1 saturated carbocycles. The van der Waals surface area contributed by atoms with Gasteiger partial charge in [0.15, 0.2) is 0 Å². The van der Waals surface area contributed by atoms with Crippen molar-refractivity contribution < 1.29 is 4.79 Å². The molecule has 0 spiro atoms. The van der Waals surface area contributed by atoms with Crippen LogP contribution in [0.2, 0.25) is 0 Å². The highest BCUT2D eigenvalue weighted by Crippen LogP contribution is 2.48. The Kier molecular flexibility index (Phi) is 2.96. The fraction of sp³-hybridized carbons (Fsp3) is 0.389. The summed E-state index contributed by atoms with van der Waals surface area (Å²) in [5.74, 6) is 1.62. The van der Waals surface area contributed by atoms with Crippen LogP contribution < -0.4 is 10.6 Å². The summed E-state index contributed by atoms with van der Waals surface area (Å²) in [5, 5.41) is 9.00. The number of carbonyl (C=O) groups excluding carboxylic acids is 1. The molecule has 1 saturated heterocycles. The van der Waals surface area contributed by atoms with E-state index >= 15 is 0 Å². The van der Waals surface area contributed by atoms with E-state index in [-0.39, 0.29) is 17.9 Å². The predicted octanol–water partition coefficient (Wildman–Crippen LogP) is 2.48. The molecule has 0 radical (unpaired) electrons. The maximum absolute atomic E-state index is 12.4. The van der Waals surface area contributed by atoms with Crippen LogP contribution >= 0.6 is 0 Å². The third-order valence-corrected chi connectivity index (χ3v) is 5.04. The van der Waals surface area contributed by atoms with Crippen LogP contribution in [0.15, 0.2) is 42.5 Å². The van der Waals surface area contributed by atoms with E-state index in [2.05, 4.69) is 54.0 Å². The third kappa shape index (κ3) is 2.12. The van der Waals surface area contributed by atoms with Gasteiger partial charge >= 0.3 is 0 Å². The number of amides is 1. The van der Waals surface area contributed by atoms with Crippen molar-refractivity contribution in [2.75, 3.05) is 13.1 Å². The minimum Gasteiger partial charge on any atom is -0.349 e. The smallest absolute Gasteiger partial charge is 0.224 e. The highest BCUT2D eigenvalue weighted by atomic mass is 16.2. The van der Waals surface area contributed by atoms with Crippen LogP contribution in [0.1, 0.15) is 18.5 Å². The van der Waals surface area contributed by atoms with Crippen molar-refractivity contribution in [2.24, 2.45) is 17.8 Å². The molecule has 21 heavy (non-hydrogen) atoms. The Morgan fingerprint density at radius 3 is 2.67 bits per heavy atom. The first-order valence-electron chi connectivity index (χ1n) is 7.74. The molecule has 1 unspecified atom stereocenters. The van der Waals surface area contributed by atoms with E-state index in [9.17, 15) is 4.79 Å². The molecule has 108 valence electrons. The van der Waals surface area contributed by atoms with Gasteiger partial charge in [0.05, 0.1) is 6.04 Å². The van der Waals surface area contributed by atoms with E-state index < -0.39 is 0 Å². The summed E-state index contributed by atoms with van der Waals surface area (Å²) in [4.78, 5) is 12.4. The first-order chi connectivity index (χ1) is 10.3. The second-order valence-corrected chi connectivity index (χ2v) is 6.31. The van der Waals surface area contributed by atoms with Crippen LogP contribution in [0.5, 0.6) is 0 Å². The van der Waals surface area contributed by atoms with Gasteiger partial charge in [-0.15, -0.1) is 0 Å². The maximum Gasteiger partial charge on any atom is 0.224 e. The Morgan fingerprint density at radius 1 is 1.14 bits per heavy atom. The van der Waals surface area contributed by atoms with Gasteiger partial charge < -0.3 is 10.6 Å². The molecule has 2 N–H and O–H groups in total. The first-order valence-corrected chi connectivity index (χ1v) is 7.74. The third-order valence-electron chi connectivity index (χ3n) is 5.04. The molecular weight excluding hydrogens is 260 g/mol. The lowest BCUT2D eigenvalue weighted by atomic mass is 9.99. The summed E-state index contributed by atoms with van der Waals surface area (Å²) < 4.78 is 0. The van der Waals surface area contributed by atoms with E-state index in [1.165, 1.54) is 16.3 Å². The number of hydrogen-bond acceptors (Lipinski definition) is 2. The highest BCUT2D eigenvalue weighted by molar-refractivity contribution is 5.87. The minimum absolute atomic E-state index is 0.0536. The Morgan fingerprint density at radius 2 is 1.86 bits per heavy atom. The lowest BCUT2D eigenvalue weighted by Gasteiger charge is -2.17. The van der Waals surface area contributed by atoms with Gasteiger partial charge in [-0.2, -0.15) is 0 Å². The molecule has 3 heteroatoms. The fourth-order valence-corrected chi connectivity index (χ4v) is 3.82. The average molecular weight is 280 g/mol. The molecular formula is C18H20N2O. The van der Waals surface area contributed by atoms with Crippen LogP contribution in [0.3, 0.4) is 0 Å². The molecule has 2 aliphatic rings. The van der Waals surface area contributed by atoms with Crippen molar-refractivity contribution in [2.45, 2.75) is 13.0 Å². The van der Waals surface area contributed by atoms with Crippen molar-refractivity contribution in [3.63, 3.8) is 0 Å². The SMILES string of the molecule is C[C@H](NC(=O)C1[C@H]2CNC[C@@H]12)c1cccc2ccccc12. The molecule has 1 heterocycles. The molecule has 4 rings (SSSR count). The lowest BCUT2D eigenvalue weighted by Crippen LogP contribution is -2.31. The standard InChI is InChI=1S/C18H20N2O/c1-11(20-18(21)17-15-9-19-10-16(15)17)13-8-4-6-12-5-2-3-7-14(12)13/h2-8,11,15-17,19H,9-10H2,1H3,(H,20,21)/t11-,15-,16+,17?/m0/s1. The first kappa shape index (κ1) is 12.8.